The third-order valence-electron chi connectivity index (χ3n) is 3.12. The van der Waals surface area contributed by atoms with Crippen LogP contribution in [0.1, 0.15) is 31.2 Å². The zero-order chi connectivity index (χ0) is 12.4. The first-order valence-corrected chi connectivity index (χ1v) is 5.64. The van der Waals surface area contributed by atoms with Crippen molar-refractivity contribution in [2.24, 2.45) is 0 Å². The highest BCUT2D eigenvalue weighted by Gasteiger charge is 2.28. The Kier molecular flexibility index (Phi) is 3.22. The van der Waals surface area contributed by atoms with E-state index in [2.05, 4.69) is 0 Å². The summed E-state index contributed by atoms with van der Waals surface area (Å²) in [6, 6.07) is 6.31. The van der Waals surface area contributed by atoms with Crippen molar-refractivity contribution < 1.29 is 14.0 Å². The fourth-order valence-electron chi connectivity index (χ4n) is 2.21. The van der Waals surface area contributed by atoms with Crippen molar-refractivity contribution in [3.05, 3.63) is 35.6 Å². The number of amides is 2. The van der Waals surface area contributed by atoms with E-state index in [0.29, 0.717) is 13.0 Å². The Labute approximate surface area is 99.2 Å². The number of benzene rings is 1. The molecule has 3 nitrogen and oxygen atoms in total. The molecule has 1 atom stereocenters. The van der Waals surface area contributed by atoms with Crippen LogP contribution in [0, 0.1) is 5.82 Å². The molecule has 1 aromatic carbocycles. The van der Waals surface area contributed by atoms with Crippen molar-refractivity contribution in [2.75, 3.05) is 6.54 Å². The average molecular weight is 235 g/mol. The highest BCUT2D eigenvalue weighted by Crippen LogP contribution is 2.28. The minimum Gasteiger partial charge on any atom is -0.283 e. The molecular weight excluding hydrogens is 221 g/mol. The SMILES string of the molecule is CC(=O)N1CCC(c2cccc(F)c2)CC1=O. The van der Waals surface area contributed by atoms with Crippen LogP contribution in [-0.4, -0.2) is 23.3 Å². The molecule has 1 aromatic rings. The second-order valence-corrected chi connectivity index (χ2v) is 4.31. The van der Waals surface area contributed by atoms with Crippen molar-refractivity contribution in [3.8, 4) is 0 Å². The van der Waals surface area contributed by atoms with Gasteiger partial charge in [-0.05, 0) is 30.0 Å². The number of hydrogen-bond donors (Lipinski definition) is 0. The molecule has 2 amide bonds. The maximum Gasteiger partial charge on any atom is 0.229 e. The lowest BCUT2D eigenvalue weighted by Crippen LogP contribution is -2.41. The van der Waals surface area contributed by atoms with E-state index >= 15 is 0 Å². The Balaban J connectivity index is 2.12. The first-order valence-electron chi connectivity index (χ1n) is 5.64. The zero-order valence-electron chi connectivity index (χ0n) is 9.65. The predicted molar refractivity (Wildman–Crippen MR) is 60.8 cm³/mol. The molecule has 1 aliphatic rings. The quantitative estimate of drug-likeness (QED) is 0.747. The van der Waals surface area contributed by atoms with Gasteiger partial charge in [-0.2, -0.15) is 0 Å². The molecule has 17 heavy (non-hydrogen) atoms. The first kappa shape index (κ1) is 11.8. The summed E-state index contributed by atoms with van der Waals surface area (Å²) in [6.45, 7) is 1.82. The topological polar surface area (TPSA) is 37.4 Å². The molecule has 0 saturated carbocycles. The second-order valence-electron chi connectivity index (χ2n) is 4.31. The van der Waals surface area contributed by atoms with Crippen LogP contribution >= 0.6 is 0 Å². The first-order chi connectivity index (χ1) is 8.08. The summed E-state index contributed by atoms with van der Waals surface area (Å²) in [4.78, 5) is 24.1. The highest BCUT2D eigenvalue weighted by atomic mass is 19.1. The van der Waals surface area contributed by atoms with E-state index in [9.17, 15) is 14.0 Å². The largest absolute Gasteiger partial charge is 0.283 e. The molecule has 1 saturated heterocycles. The molecule has 0 aromatic heterocycles. The zero-order valence-corrected chi connectivity index (χ0v) is 9.65. The number of rotatable bonds is 1. The number of imide groups is 1. The van der Waals surface area contributed by atoms with Gasteiger partial charge in [-0.1, -0.05) is 12.1 Å². The molecule has 1 heterocycles. The third kappa shape index (κ3) is 2.52. The van der Waals surface area contributed by atoms with E-state index in [0.717, 1.165) is 5.56 Å². The monoisotopic (exact) mass is 235 g/mol. The van der Waals surface area contributed by atoms with Crippen LogP contribution in [-0.2, 0) is 9.59 Å². The van der Waals surface area contributed by atoms with Crippen LogP contribution < -0.4 is 0 Å². The number of nitrogens with zero attached hydrogens (tertiary/aromatic N) is 1. The van der Waals surface area contributed by atoms with Gasteiger partial charge in [-0.25, -0.2) is 4.39 Å². The highest BCUT2D eigenvalue weighted by molar-refractivity contribution is 5.95. The van der Waals surface area contributed by atoms with E-state index in [-0.39, 0.29) is 30.0 Å². The summed E-state index contributed by atoms with van der Waals surface area (Å²) >= 11 is 0. The summed E-state index contributed by atoms with van der Waals surface area (Å²) < 4.78 is 13.1. The lowest BCUT2D eigenvalue weighted by atomic mass is 9.89. The number of halogens is 1. The Hall–Kier alpha value is -1.71. The van der Waals surface area contributed by atoms with Gasteiger partial charge in [0.15, 0.2) is 0 Å². The van der Waals surface area contributed by atoms with Crippen LogP contribution in [0.25, 0.3) is 0 Å². The summed E-state index contributed by atoms with van der Waals surface area (Å²) in [7, 11) is 0. The molecule has 0 aliphatic carbocycles. The van der Waals surface area contributed by atoms with Gasteiger partial charge in [-0.15, -0.1) is 0 Å². The average Bonchev–Trinajstić information content (AvgIpc) is 2.28. The maximum absolute atomic E-state index is 13.1. The molecule has 1 fully saturated rings. The molecule has 0 bridgehead atoms. The predicted octanol–water partition coefficient (Wildman–Crippen LogP) is 2.08. The molecule has 90 valence electrons. The molecule has 1 aliphatic heterocycles. The van der Waals surface area contributed by atoms with E-state index in [1.54, 1.807) is 6.07 Å². The van der Waals surface area contributed by atoms with E-state index in [4.69, 9.17) is 0 Å². The Morgan fingerprint density at radius 1 is 1.47 bits per heavy atom. The minimum atomic E-state index is -0.288. The van der Waals surface area contributed by atoms with Gasteiger partial charge in [-0.3, -0.25) is 14.5 Å². The summed E-state index contributed by atoms with van der Waals surface area (Å²) in [5, 5.41) is 0. The van der Waals surface area contributed by atoms with Crippen molar-refractivity contribution in [1.29, 1.82) is 0 Å². The van der Waals surface area contributed by atoms with Crippen molar-refractivity contribution in [3.63, 3.8) is 0 Å². The smallest absolute Gasteiger partial charge is 0.229 e. The van der Waals surface area contributed by atoms with E-state index in [1.165, 1.54) is 24.0 Å². The summed E-state index contributed by atoms with van der Waals surface area (Å²) in [5.41, 5.74) is 0.835. The molecular formula is C13H14FNO2. The standard InChI is InChI=1S/C13H14FNO2/c1-9(16)15-6-5-11(8-13(15)17)10-3-2-4-12(14)7-10/h2-4,7,11H,5-6,8H2,1H3. The summed E-state index contributed by atoms with van der Waals surface area (Å²) in [5.74, 6) is -0.650. The maximum atomic E-state index is 13.1. The van der Waals surface area contributed by atoms with Crippen molar-refractivity contribution in [1.82, 2.24) is 4.90 Å². The normalized spacial score (nSPS) is 20.5. The minimum absolute atomic E-state index is 0.0220. The van der Waals surface area contributed by atoms with Crippen LogP contribution in [0.2, 0.25) is 0 Å². The van der Waals surface area contributed by atoms with Crippen LogP contribution in [0.15, 0.2) is 24.3 Å². The second kappa shape index (κ2) is 4.65. The molecule has 4 heteroatoms. The number of carbonyl (C=O) groups is 2. The van der Waals surface area contributed by atoms with Crippen molar-refractivity contribution in [2.45, 2.75) is 25.7 Å². The van der Waals surface area contributed by atoms with Gasteiger partial charge in [0, 0.05) is 19.9 Å². The van der Waals surface area contributed by atoms with Gasteiger partial charge in [0.2, 0.25) is 11.8 Å². The van der Waals surface area contributed by atoms with Gasteiger partial charge in [0.1, 0.15) is 5.82 Å². The number of hydrogen-bond acceptors (Lipinski definition) is 2. The summed E-state index contributed by atoms with van der Waals surface area (Å²) in [6.07, 6.45) is 0.984. The molecule has 0 spiro atoms. The van der Waals surface area contributed by atoms with Gasteiger partial charge < -0.3 is 0 Å². The van der Waals surface area contributed by atoms with E-state index in [1.807, 2.05) is 6.07 Å². The van der Waals surface area contributed by atoms with Crippen LogP contribution in [0.5, 0.6) is 0 Å². The number of piperidine rings is 1. The lowest BCUT2D eigenvalue weighted by Gasteiger charge is -2.29. The number of likely N-dealkylation sites (tertiary alicyclic amines) is 1. The van der Waals surface area contributed by atoms with Gasteiger partial charge in [0.05, 0.1) is 0 Å². The molecule has 2 rings (SSSR count). The van der Waals surface area contributed by atoms with Crippen LogP contribution in [0.3, 0.4) is 0 Å². The Bertz CT molecular complexity index is 458. The number of carbonyl (C=O) groups excluding carboxylic acids is 2. The molecule has 0 radical (unpaired) electrons. The van der Waals surface area contributed by atoms with Gasteiger partial charge >= 0.3 is 0 Å². The van der Waals surface area contributed by atoms with Crippen molar-refractivity contribution >= 4 is 11.8 Å². The van der Waals surface area contributed by atoms with E-state index < -0.39 is 0 Å². The third-order valence-corrected chi connectivity index (χ3v) is 3.12. The fourth-order valence-corrected chi connectivity index (χ4v) is 2.21. The Morgan fingerprint density at radius 2 is 2.24 bits per heavy atom. The van der Waals surface area contributed by atoms with Gasteiger partial charge in [0.25, 0.3) is 0 Å². The molecule has 0 N–H and O–H groups in total. The molecule has 1 unspecified atom stereocenters. The lowest BCUT2D eigenvalue weighted by molar-refractivity contribution is -0.145. The fraction of sp³-hybridized carbons (Fsp3) is 0.385. The van der Waals surface area contributed by atoms with Crippen LogP contribution in [0.4, 0.5) is 4.39 Å². The Morgan fingerprint density at radius 3 is 2.82 bits per heavy atom.